The number of aromatic amines is 1. The van der Waals surface area contributed by atoms with Crippen molar-refractivity contribution in [2.75, 3.05) is 46.0 Å². The summed E-state index contributed by atoms with van der Waals surface area (Å²) >= 11 is 0. The van der Waals surface area contributed by atoms with E-state index in [9.17, 15) is 4.79 Å². The molecule has 0 unspecified atom stereocenters. The Morgan fingerprint density at radius 3 is 2.93 bits per heavy atom. The molecule has 0 radical (unpaired) electrons. The normalized spacial score (nSPS) is 19.3. The van der Waals surface area contributed by atoms with Crippen molar-refractivity contribution in [2.45, 2.75) is 20.0 Å². The molecule has 8 nitrogen and oxygen atoms in total. The molecule has 2 aliphatic rings. The van der Waals surface area contributed by atoms with Gasteiger partial charge in [0.2, 0.25) is 0 Å². The third-order valence-electron chi connectivity index (χ3n) is 5.05. The summed E-state index contributed by atoms with van der Waals surface area (Å²) in [4.78, 5) is 15.2. The molecule has 1 atom stereocenters. The Morgan fingerprint density at radius 1 is 1.28 bits per heavy atom. The van der Waals surface area contributed by atoms with E-state index in [4.69, 9.17) is 14.2 Å². The highest BCUT2D eigenvalue weighted by molar-refractivity contribution is 5.99. The van der Waals surface area contributed by atoms with Crippen molar-refractivity contribution in [2.24, 2.45) is 5.92 Å². The largest absolute Gasteiger partial charge is 0.486 e. The molecule has 156 valence electrons. The SMILES string of the molecule is CC(C)CN1CCO[C@@H](CNC(=O)c2cn[nH]c2-c2ccc3c(c2)OCCO3)C1. The lowest BCUT2D eigenvalue weighted by molar-refractivity contribution is -0.0295. The van der Waals surface area contributed by atoms with Gasteiger partial charge in [-0.05, 0) is 24.1 Å². The van der Waals surface area contributed by atoms with Gasteiger partial charge in [-0.1, -0.05) is 13.8 Å². The van der Waals surface area contributed by atoms with Gasteiger partial charge in [0.15, 0.2) is 11.5 Å². The molecule has 0 bridgehead atoms. The van der Waals surface area contributed by atoms with Crippen LogP contribution in [0, 0.1) is 5.92 Å². The molecule has 0 aliphatic carbocycles. The molecule has 1 amide bonds. The van der Waals surface area contributed by atoms with Crippen LogP contribution in [0.15, 0.2) is 24.4 Å². The monoisotopic (exact) mass is 400 g/mol. The van der Waals surface area contributed by atoms with Crippen molar-refractivity contribution in [3.05, 3.63) is 30.0 Å². The smallest absolute Gasteiger partial charge is 0.255 e. The number of fused-ring (bicyclic) bond motifs is 1. The number of hydrogen-bond acceptors (Lipinski definition) is 6. The number of hydrogen-bond donors (Lipinski definition) is 2. The zero-order chi connectivity index (χ0) is 20.2. The molecule has 29 heavy (non-hydrogen) atoms. The van der Waals surface area contributed by atoms with E-state index >= 15 is 0 Å². The van der Waals surface area contributed by atoms with Crippen LogP contribution in [0.4, 0.5) is 0 Å². The quantitative estimate of drug-likeness (QED) is 0.770. The number of H-pyrrole nitrogens is 1. The molecular weight excluding hydrogens is 372 g/mol. The highest BCUT2D eigenvalue weighted by Gasteiger charge is 2.23. The average molecular weight is 400 g/mol. The van der Waals surface area contributed by atoms with Gasteiger partial charge >= 0.3 is 0 Å². The lowest BCUT2D eigenvalue weighted by Crippen LogP contribution is -2.48. The van der Waals surface area contributed by atoms with Crippen molar-refractivity contribution in [1.29, 1.82) is 0 Å². The molecule has 4 rings (SSSR count). The molecule has 3 heterocycles. The maximum atomic E-state index is 12.8. The van der Waals surface area contributed by atoms with Crippen LogP contribution in [0.3, 0.4) is 0 Å². The molecule has 1 saturated heterocycles. The molecule has 8 heteroatoms. The first kappa shape index (κ1) is 19.7. The number of amides is 1. The number of morpholine rings is 1. The minimum absolute atomic E-state index is 0.00362. The number of nitrogens with zero attached hydrogens (tertiary/aromatic N) is 2. The first-order valence-electron chi connectivity index (χ1n) is 10.2. The number of carbonyl (C=O) groups is 1. The lowest BCUT2D eigenvalue weighted by Gasteiger charge is -2.33. The molecule has 1 fully saturated rings. The zero-order valence-electron chi connectivity index (χ0n) is 16.9. The van der Waals surface area contributed by atoms with Gasteiger partial charge in [0, 0.05) is 31.7 Å². The average Bonchev–Trinajstić information content (AvgIpc) is 3.21. The van der Waals surface area contributed by atoms with Crippen LogP contribution in [-0.4, -0.2) is 73.1 Å². The number of ether oxygens (including phenoxy) is 3. The third-order valence-corrected chi connectivity index (χ3v) is 5.05. The summed E-state index contributed by atoms with van der Waals surface area (Å²) in [6, 6.07) is 5.62. The first-order chi connectivity index (χ1) is 14.1. The second-order valence-electron chi connectivity index (χ2n) is 7.87. The summed E-state index contributed by atoms with van der Waals surface area (Å²) in [5.74, 6) is 1.83. The molecule has 2 N–H and O–H groups in total. The third kappa shape index (κ3) is 4.71. The van der Waals surface area contributed by atoms with Crippen LogP contribution in [0.2, 0.25) is 0 Å². The molecule has 1 aromatic heterocycles. The van der Waals surface area contributed by atoms with Crippen LogP contribution in [0.5, 0.6) is 11.5 Å². The standard InChI is InChI=1S/C21H28N4O4/c1-14(2)12-25-5-6-27-16(13-25)10-22-21(26)17-11-23-24-20(17)15-3-4-18-19(9-15)29-8-7-28-18/h3-4,9,11,14,16H,5-8,10,12-13H2,1-2H3,(H,22,26)(H,23,24)/t16-/m0/s1. The van der Waals surface area contributed by atoms with Gasteiger partial charge in [-0.3, -0.25) is 14.8 Å². The van der Waals surface area contributed by atoms with Crippen molar-refractivity contribution in [3.63, 3.8) is 0 Å². The Bertz CT molecular complexity index is 851. The highest BCUT2D eigenvalue weighted by atomic mass is 16.6. The minimum atomic E-state index is -0.173. The van der Waals surface area contributed by atoms with E-state index in [2.05, 4.69) is 34.3 Å². The van der Waals surface area contributed by atoms with E-state index in [0.29, 0.717) is 55.0 Å². The predicted molar refractivity (Wildman–Crippen MR) is 108 cm³/mol. The predicted octanol–water partition coefficient (Wildman–Crippen LogP) is 1.93. The number of benzene rings is 1. The van der Waals surface area contributed by atoms with Gasteiger partial charge in [0.1, 0.15) is 13.2 Å². The summed E-state index contributed by atoms with van der Waals surface area (Å²) in [6.07, 6.45) is 1.55. The van der Waals surface area contributed by atoms with E-state index in [1.165, 1.54) is 0 Å². The maximum Gasteiger partial charge on any atom is 0.255 e. The maximum absolute atomic E-state index is 12.8. The summed E-state index contributed by atoms with van der Waals surface area (Å²) in [5.41, 5.74) is 1.98. The first-order valence-corrected chi connectivity index (χ1v) is 10.2. The Hall–Kier alpha value is -2.58. The van der Waals surface area contributed by atoms with Gasteiger partial charge in [-0.2, -0.15) is 5.10 Å². The zero-order valence-corrected chi connectivity index (χ0v) is 16.9. The fourth-order valence-electron chi connectivity index (χ4n) is 3.77. The van der Waals surface area contributed by atoms with Gasteiger partial charge in [-0.25, -0.2) is 0 Å². The Labute approximate surface area is 170 Å². The number of rotatable bonds is 6. The number of carbonyl (C=O) groups excluding carboxylic acids is 1. The molecule has 1 aromatic carbocycles. The van der Waals surface area contributed by atoms with Gasteiger partial charge in [-0.15, -0.1) is 0 Å². The van der Waals surface area contributed by atoms with Gasteiger partial charge in [0.25, 0.3) is 5.91 Å². The van der Waals surface area contributed by atoms with Gasteiger partial charge < -0.3 is 19.5 Å². The minimum Gasteiger partial charge on any atom is -0.486 e. The van der Waals surface area contributed by atoms with Gasteiger partial charge in [0.05, 0.1) is 30.2 Å². The van der Waals surface area contributed by atoms with E-state index in [0.717, 1.165) is 25.2 Å². The van der Waals surface area contributed by atoms with Crippen LogP contribution in [0.25, 0.3) is 11.3 Å². The summed E-state index contributed by atoms with van der Waals surface area (Å²) in [6.45, 7) is 9.47. The van der Waals surface area contributed by atoms with E-state index in [1.54, 1.807) is 6.20 Å². The topological polar surface area (TPSA) is 88.7 Å². The molecule has 0 saturated carbocycles. The van der Waals surface area contributed by atoms with Crippen molar-refractivity contribution in [3.8, 4) is 22.8 Å². The lowest BCUT2D eigenvalue weighted by atomic mass is 10.1. The second kappa shape index (κ2) is 8.84. The van der Waals surface area contributed by atoms with Crippen LogP contribution >= 0.6 is 0 Å². The van der Waals surface area contributed by atoms with E-state index in [-0.39, 0.29) is 12.0 Å². The molecule has 2 aromatic rings. The highest BCUT2D eigenvalue weighted by Crippen LogP contribution is 2.34. The summed E-state index contributed by atoms with van der Waals surface area (Å²) in [7, 11) is 0. The molecule has 0 spiro atoms. The summed E-state index contributed by atoms with van der Waals surface area (Å²) < 4.78 is 17.0. The van der Waals surface area contributed by atoms with Crippen LogP contribution in [0.1, 0.15) is 24.2 Å². The fraction of sp³-hybridized carbons (Fsp3) is 0.524. The second-order valence-corrected chi connectivity index (χ2v) is 7.87. The van der Waals surface area contributed by atoms with Crippen molar-refractivity contribution in [1.82, 2.24) is 20.4 Å². The Balaban J connectivity index is 1.40. The van der Waals surface area contributed by atoms with E-state index in [1.807, 2.05) is 18.2 Å². The molecular formula is C21H28N4O4. The summed E-state index contributed by atoms with van der Waals surface area (Å²) in [5, 5.41) is 10.00. The number of aromatic nitrogens is 2. The molecule has 2 aliphatic heterocycles. The van der Waals surface area contributed by atoms with Crippen molar-refractivity contribution < 1.29 is 19.0 Å². The van der Waals surface area contributed by atoms with Crippen LogP contribution in [-0.2, 0) is 4.74 Å². The van der Waals surface area contributed by atoms with E-state index < -0.39 is 0 Å². The number of nitrogens with one attached hydrogen (secondary N) is 2. The Morgan fingerprint density at radius 2 is 2.10 bits per heavy atom. The van der Waals surface area contributed by atoms with Crippen LogP contribution < -0.4 is 14.8 Å². The Kier molecular flexibility index (Phi) is 6.01. The fourth-order valence-corrected chi connectivity index (χ4v) is 3.77. The van der Waals surface area contributed by atoms with Crippen molar-refractivity contribution >= 4 is 5.91 Å².